The maximum Gasteiger partial charge on any atom is 0.206 e. The third-order valence-electron chi connectivity index (χ3n) is 4.77. The number of carbonyl (C=O) groups is 1. The number of ketones is 1. The molecule has 6 nitrogen and oxygen atoms in total. The van der Waals surface area contributed by atoms with Crippen molar-refractivity contribution < 1.29 is 13.9 Å². The number of nitrogens with one attached hydrogen (secondary N) is 1. The van der Waals surface area contributed by atoms with E-state index in [0.717, 1.165) is 22.8 Å². The minimum Gasteiger partial charge on any atom is -0.492 e. The van der Waals surface area contributed by atoms with Crippen molar-refractivity contribution in [3.05, 3.63) is 64.3 Å². The largest absolute Gasteiger partial charge is 0.492 e. The van der Waals surface area contributed by atoms with Crippen molar-refractivity contribution in [2.75, 3.05) is 31.8 Å². The van der Waals surface area contributed by atoms with Gasteiger partial charge >= 0.3 is 0 Å². The van der Waals surface area contributed by atoms with Gasteiger partial charge in [-0.15, -0.1) is 0 Å². The molecule has 1 aromatic heterocycles. The summed E-state index contributed by atoms with van der Waals surface area (Å²) in [5, 5.41) is 3.62. The standard InChI is InChI=1S/C22H25FN4O2S/c1-13-5-6-15(11-18(13)23)19(28)20-21(24)26-22(30-20)25-16-7-9-17(10-8-16)29-12-14(2)27(3)4/h5-11,14H,12,24H2,1-4H3,(H,25,26). The summed E-state index contributed by atoms with van der Waals surface area (Å²) in [6.07, 6.45) is 0. The van der Waals surface area contributed by atoms with Crippen LogP contribution in [0, 0.1) is 12.7 Å². The first kappa shape index (κ1) is 21.7. The number of hydrogen-bond donors (Lipinski definition) is 2. The van der Waals surface area contributed by atoms with Crippen molar-refractivity contribution in [3.8, 4) is 5.75 Å². The maximum atomic E-state index is 13.8. The minimum atomic E-state index is -0.426. The number of aryl methyl sites for hydroxylation is 1. The minimum absolute atomic E-state index is 0.117. The third-order valence-corrected chi connectivity index (χ3v) is 5.76. The lowest BCUT2D eigenvalue weighted by molar-refractivity contribution is 0.104. The van der Waals surface area contributed by atoms with E-state index in [4.69, 9.17) is 10.5 Å². The van der Waals surface area contributed by atoms with Crippen molar-refractivity contribution in [2.24, 2.45) is 0 Å². The molecule has 0 saturated carbocycles. The second kappa shape index (κ2) is 9.23. The van der Waals surface area contributed by atoms with E-state index in [-0.39, 0.29) is 22.0 Å². The molecule has 0 spiro atoms. The molecular weight excluding hydrogens is 403 g/mol. The highest BCUT2D eigenvalue weighted by atomic mass is 32.1. The van der Waals surface area contributed by atoms with Crippen LogP contribution in [0.1, 0.15) is 27.7 Å². The number of rotatable bonds is 8. The van der Waals surface area contributed by atoms with Crippen molar-refractivity contribution >= 4 is 33.8 Å². The molecule has 2 aromatic carbocycles. The summed E-state index contributed by atoms with van der Waals surface area (Å²) in [4.78, 5) is 19.3. The lowest BCUT2D eigenvalue weighted by Gasteiger charge is -2.20. The number of aromatic nitrogens is 1. The van der Waals surface area contributed by atoms with Gasteiger partial charge in [-0.3, -0.25) is 4.79 Å². The number of nitrogens with zero attached hydrogens (tertiary/aromatic N) is 2. The zero-order chi connectivity index (χ0) is 21.8. The first-order chi connectivity index (χ1) is 14.2. The van der Waals surface area contributed by atoms with E-state index in [1.54, 1.807) is 19.1 Å². The van der Waals surface area contributed by atoms with Gasteiger partial charge in [0.2, 0.25) is 5.78 Å². The normalized spacial score (nSPS) is 12.1. The molecule has 3 N–H and O–H groups in total. The molecule has 0 aliphatic carbocycles. The molecule has 0 fully saturated rings. The summed E-state index contributed by atoms with van der Waals surface area (Å²) < 4.78 is 19.6. The number of carbonyl (C=O) groups excluding carboxylic acids is 1. The van der Waals surface area contributed by atoms with Gasteiger partial charge < -0.3 is 20.7 Å². The van der Waals surface area contributed by atoms with Crippen LogP contribution < -0.4 is 15.8 Å². The first-order valence-corrected chi connectivity index (χ1v) is 10.3. The van der Waals surface area contributed by atoms with Gasteiger partial charge in [-0.2, -0.15) is 0 Å². The van der Waals surface area contributed by atoms with E-state index in [2.05, 4.69) is 22.1 Å². The highest BCUT2D eigenvalue weighted by Gasteiger charge is 2.19. The summed E-state index contributed by atoms with van der Waals surface area (Å²) in [6, 6.07) is 12.1. The quantitative estimate of drug-likeness (QED) is 0.515. The molecule has 0 bridgehead atoms. The second-order valence-corrected chi connectivity index (χ2v) is 8.30. The predicted molar refractivity (Wildman–Crippen MR) is 119 cm³/mol. The summed E-state index contributed by atoms with van der Waals surface area (Å²) in [7, 11) is 4.02. The zero-order valence-corrected chi connectivity index (χ0v) is 18.2. The summed E-state index contributed by atoms with van der Waals surface area (Å²) in [5.74, 6) is 0.108. The highest BCUT2D eigenvalue weighted by molar-refractivity contribution is 7.18. The second-order valence-electron chi connectivity index (χ2n) is 7.30. The number of nitrogens with two attached hydrogens (primary N) is 1. The van der Waals surface area contributed by atoms with Crippen molar-refractivity contribution in [1.82, 2.24) is 9.88 Å². The van der Waals surface area contributed by atoms with Crippen LogP contribution >= 0.6 is 11.3 Å². The smallest absolute Gasteiger partial charge is 0.206 e. The molecule has 0 radical (unpaired) electrons. The van der Waals surface area contributed by atoms with E-state index < -0.39 is 5.82 Å². The molecule has 3 aromatic rings. The molecular formula is C22H25FN4O2S. The lowest BCUT2D eigenvalue weighted by Crippen LogP contribution is -2.30. The summed E-state index contributed by atoms with van der Waals surface area (Å²) >= 11 is 1.13. The number of thiazole rings is 1. The Labute approximate surface area is 179 Å². The number of hydrogen-bond acceptors (Lipinski definition) is 7. The monoisotopic (exact) mass is 428 g/mol. The van der Waals surface area contributed by atoms with Crippen LogP contribution in [0.5, 0.6) is 5.75 Å². The number of benzene rings is 2. The van der Waals surface area contributed by atoms with Crippen LogP contribution in [-0.4, -0.2) is 42.4 Å². The Bertz CT molecular complexity index is 1030. The van der Waals surface area contributed by atoms with Gasteiger partial charge in [-0.1, -0.05) is 23.5 Å². The molecule has 1 heterocycles. The van der Waals surface area contributed by atoms with Crippen LogP contribution in [0.15, 0.2) is 42.5 Å². The van der Waals surface area contributed by atoms with E-state index >= 15 is 0 Å². The molecule has 8 heteroatoms. The van der Waals surface area contributed by atoms with Gasteiger partial charge in [0, 0.05) is 17.3 Å². The van der Waals surface area contributed by atoms with Crippen LogP contribution in [-0.2, 0) is 0 Å². The average molecular weight is 429 g/mol. The topological polar surface area (TPSA) is 80.5 Å². The first-order valence-electron chi connectivity index (χ1n) is 9.48. The Balaban J connectivity index is 1.68. The molecule has 30 heavy (non-hydrogen) atoms. The van der Waals surface area contributed by atoms with Crippen molar-refractivity contribution in [3.63, 3.8) is 0 Å². The fraction of sp³-hybridized carbons (Fsp3) is 0.273. The molecule has 0 aliphatic rings. The van der Waals surface area contributed by atoms with E-state index in [1.807, 2.05) is 38.4 Å². The van der Waals surface area contributed by atoms with Crippen LogP contribution in [0.25, 0.3) is 0 Å². The Morgan fingerprint density at radius 1 is 1.27 bits per heavy atom. The number of halogens is 1. The average Bonchev–Trinajstić information content (AvgIpc) is 3.08. The van der Waals surface area contributed by atoms with E-state index in [0.29, 0.717) is 23.3 Å². The van der Waals surface area contributed by atoms with Crippen LogP contribution in [0.4, 0.5) is 21.0 Å². The van der Waals surface area contributed by atoms with Gasteiger partial charge in [0.05, 0.1) is 0 Å². The third kappa shape index (κ3) is 5.14. The van der Waals surface area contributed by atoms with E-state index in [1.165, 1.54) is 6.07 Å². The number of anilines is 3. The predicted octanol–water partition coefficient (Wildman–Crippen LogP) is 4.48. The van der Waals surface area contributed by atoms with Crippen molar-refractivity contribution in [2.45, 2.75) is 19.9 Å². The Hall–Kier alpha value is -2.97. The summed E-state index contributed by atoms with van der Waals surface area (Å²) in [5.41, 5.74) is 7.45. The number of ether oxygens (including phenoxy) is 1. The Morgan fingerprint density at radius 3 is 2.60 bits per heavy atom. The molecule has 158 valence electrons. The Kier molecular flexibility index (Phi) is 6.69. The highest BCUT2D eigenvalue weighted by Crippen LogP contribution is 2.30. The Morgan fingerprint density at radius 2 is 1.97 bits per heavy atom. The lowest BCUT2D eigenvalue weighted by atomic mass is 10.1. The molecule has 1 atom stereocenters. The molecule has 3 rings (SSSR count). The van der Waals surface area contributed by atoms with Gasteiger partial charge in [0.25, 0.3) is 0 Å². The SMILES string of the molecule is Cc1ccc(C(=O)c2sc(Nc3ccc(OCC(C)N(C)C)cc3)nc2N)cc1F. The van der Waals surface area contributed by atoms with E-state index in [9.17, 15) is 9.18 Å². The summed E-state index contributed by atoms with van der Waals surface area (Å²) in [6.45, 7) is 4.33. The fourth-order valence-corrected chi connectivity index (χ4v) is 3.40. The van der Waals surface area contributed by atoms with Gasteiger partial charge in [-0.25, -0.2) is 9.37 Å². The van der Waals surface area contributed by atoms with Gasteiger partial charge in [0.15, 0.2) is 5.13 Å². The van der Waals surface area contributed by atoms with Crippen molar-refractivity contribution in [1.29, 1.82) is 0 Å². The molecule has 0 saturated heterocycles. The van der Waals surface area contributed by atoms with Gasteiger partial charge in [-0.05, 0) is 63.8 Å². The molecule has 1 unspecified atom stereocenters. The van der Waals surface area contributed by atoms with Crippen LogP contribution in [0.2, 0.25) is 0 Å². The molecule has 0 amide bonds. The fourth-order valence-electron chi connectivity index (χ4n) is 2.54. The number of nitrogen functional groups attached to an aromatic ring is 1. The van der Waals surface area contributed by atoms with Gasteiger partial charge in [0.1, 0.15) is 28.9 Å². The number of likely N-dealkylation sites (N-methyl/N-ethyl adjacent to an activating group) is 1. The van der Waals surface area contributed by atoms with Crippen LogP contribution in [0.3, 0.4) is 0 Å². The molecule has 0 aliphatic heterocycles. The maximum absolute atomic E-state index is 13.8. The zero-order valence-electron chi connectivity index (χ0n) is 17.4.